The van der Waals surface area contributed by atoms with Gasteiger partial charge in [-0.05, 0) is 27.2 Å². The number of ether oxygens (including phenoxy) is 3. The number of nitro benzene ring substituents is 1. The van der Waals surface area contributed by atoms with Crippen molar-refractivity contribution >= 4 is 5.69 Å². The van der Waals surface area contributed by atoms with Crippen molar-refractivity contribution in [3.63, 3.8) is 0 Å². The van der Waals surface area contributed by atoms with Crippen LogP contribution in [0, 0.1) is 10.1 Å². The van der Waals surface area contributed by atoms with Crippen LogP contribution in [0.15, 0.2) is 18.2 Å². The first-order chi connectivity index (χ1) is 10.9. The van der Waals surface area contributed by atoms with E-state index in [4.69, 9.17) is 14.2 Å². The highest BCUT2D eigenvalue weighted by Gasteiger charge is 2.50. The Morgan fingerprint density at radius 3 is 2.57 bits per heavy atom. The predicted molar refractivity (Wildman–Crippen MR) is 79.9 cm³/mol. The van der Waals surface area contributed by atoms with Crippen LogP contribution in [0.1, 0.15) is 0 Å². The number of rotatable bonds is 7. The lowest BCUT2D eigenvalue weighted by molar-refractivity contribution is -0.386. The summed E-state index contributed by atoms with van der Waals surface area (Å²) in [4.78, 5) is 10.4. The third-order valence-corrected chi connectivity index (χ3v) is 3.56. The standard InChI is InChI=1S/C13H20N4O6/c1-14-12(8-22-13(15-2,16-3)23-12)7-21-11-6-9(18)4-5-10(11)17(19)20/h4-6,14-16,18H,7-8H2,1-3H3. The van der Waals surface area contributed by atoms with Crippen LogP contribution in [-0.4, -0.2) is 56.1 Å². The first kappa shape index (κ1) is 17.4. The molecule has 0 spiro atoms. The van der Waals surface area contributed by atoms with Crippen LogP contribution in [0.5, 0.6) is 11.5 Å². The number of nitrogens with zero attached hydrogens (tertiary/aromatic N) is 1. The highest BCUT2D eigenvalue weighted by molar-refractivity contribution is 5.50. The molecule has 0 radical (unpaired) electrons. The van der Waals surface area contributed by atoms with E-state index in [9.17, 15) is 15.2 Å². The van der Waals surface area contributed by atoms with Gasteiger partial charge in [0, 0.05) is 12.1 Å². The van der Waals surface area contributed by atoms with Crippen LogP contribution in [0.3, 0.4) is 0 Å². The Morgan fingerprint density at radius 2 is 2.04 bits per heavy atom. The predicted octanol–water partition coefficient (Wildman–Crippen LogP) is -0.308. The summed E-state index contributed by atoms with van der Waals surface area (Å²) in [6, 6.07) is 2.40. The second-order valence-electron chi connectivity index (χ2n) is 4.95. The van der Waals surface area contributed by atoms with Gasteiger partial charge in [0.25, 0.3) is 6.03 Å². The maximum absolute atomic E-state index is 11.0. The molecule has 0 aliphatic carbocycles. The molecule has 1 atom stereocenters. The fourth-order valence-corrected chi connectivity index (χ4v) is 2.15. The maximum Gasteiger partial charge on any atom is 0.311 e. The van der Waals surface area contributed by atoms with Crippen molar-refractivity contribution in [1.29, 1.82) is 0 Å². The fraction of sp³-hybridized carbons (Fsp3) is 0.538. The van der Waals surface area contributed by atoms with Gasteiger partial charge in [-0.25, -0.2) is 0 Å². The molecule has 1 fully saturated rings. The molecule has 4 N–H and O–H groups in total. The molecule has 10 heteroatoms. The number of hydrogen-bond donors (Lipinski definition) is 4. The monoisotopic (exact) mass is 328 g/mol. The average Bonchev–Trinajstić information content (AvgIpc) is 2.93. The molecular formula is C13H20N4O6. The summed E-state index contributed by atoms with van der Waals surface area (Å²) in [6.07, 6.45) is 0. The molecule has 1 unspecified atom stereocenters. The van der Waals surface area contributed by atoms with Crippen LogP contribution in [0.2, 0.25) is 0 Å². The van der Waals surface area contributed by atoms with E-state index in [1.54, 1.807) is 21.1 Å². The van der Waals surface area contributed by atoms with Gasteiger partial charge in [-0.2, -0.15) is 0 Å². The van der Waals surface area contributed by atoms with E-state index in [1.807, 2.05) is 0 Å². The third kappa shape index (κ3) is 3.51. The van der Waals surface area contributed by atoms with Gasteiger partial charge in [0.15, 0.2) is 5.72 Å². The maximum atomic E-state index is 11.0. The molecular weight excluding hydrogens is 308 g/mol. The molecule has 23 heavy (non-hydrogen) atoms. The Hall–Kier alpha value is -1.98. The van der Waals surface area contributed by atoms with E-state index in [1.165, 1.54) is 18.2 Å². The van der Waals surface area contributed by atoms with E-state index >= 15 is 0 Å². The normalized spacial score (nSPS) is 22.9. The van der Waals surface area contributed by atoms with Gasteiger partial charge < -0.3 is 14.6 Å². The quantitative estimate of drug-likeness (QED) is 0.303. The van der Waals surface area contributed by atoms with Gasteiger partial charge in [-0.1, -0.05) is 0 Å². The van der Waals surface area contributed by atoms with Gasteiger partial charge in [0.05, 0.1) is 11.5 Å². The van der Waals surface area contributed by atoms with E-state index < -0.39 is 16.7 Å². The number of phenolic OH excluding ortho intramolecular Hbond substituents is 1. The minimum atomic E-state index is -1.18. The van der Waals surface area contributed by atoms with Crippen molar-refractivity contribution in [3.05, 3.63) is 28.3 Å². The number of hydrogen-bond acceptors (Lipinski definition) is 9. The summed E-state index contributed by atoms with van der Waals surface area (Å²) < 4.78 is 16.9. The molecule has 0 saturated carbocycles. The van der Waals surface area contributed by atoms with Crippen molar-refractivity contribution in [2.75, 3.05) is 34.4 Å². The highest BCUT2D eigenvalue weighted by atomic mass is 16.8. The number of likely N-dealkylation sites (N-methyl/N-ethyl adjacent to an activating group) is 1. The molecule has 1 aliphatic rings. The molecule has 10 nitrogen and oxygen atoms in total. The Labute approximate surface area is 132 Å². The van der Waals surface area contributed by atoms with Gasteiger partial charge in [0.1, 0.15) is 12.4 Å². The van der Waals surface area contributed by atoms with Crippen LogP contribution in [-0.2, 0) is 9.47 Å². The highest BCUT2D eigenvalue weighted by Crippen LogP contribution is 2.32. The minimum Gasteiger partial charge on any atom is -0.508 e. The molecule has 128 valence electrons. The first-order valence-corrected chi connectivity index (χ1v) is 6.90. The largest absolute Gasteiger partial charge is 0.508 e. The molecule has 0 bridgehead atoms. The summed E-state index contributed by atoms with van der Waals surface area (Å²) >= 11 is 0. The summed E-state index contributed by atoms with van der Waals surface area (Å²) in [5.74, 6) is -0.188. The zero-order valence-electron chi connectivity index (χ0n) is 13.1. The zero-order valence-corrected chi connectivity index (χ0v) is 13.1. The third-order valence-electron chi connectivity index (χ3n) is 3.56. The zero-order chi connectivity index (χ0) is 17.1. The summed E-state index contributed by atoms with van der Waals surface area (Å²) in [6.45, 7) is 0.0662. The minimum absolute atomic E-state index is 0.0559. The van der Waals surface area contributed by atoms with E-state index in [0.29, 0.717) is 0 Å². The second kappa shape index (κ2) is 6.64. The smallest absolute Gasteiger partial charge is 0.311 e. The van der Waals surface area contributed by atoms with Crippen LogP contribution < -0.4 is 20.7 Å². The molecule has 1 aromatic rings. The topological polar surface area (TPSA) is 127 Å². The number of benzene rings is 1. The van der Waals surface area contributed by atoms with Crippen molar-refractivity contribution < 1.29 is 24.2 Å². The van der Waals surface area contributed by atoms with Crippen LogP contribution in [0.25, 0.3) is 0 Å². The van der Waals surface area contributed by atoms with E-state index in [2.05, 4.69) is 16.0 Å². The molecule has 1 saturated heterocycles. The molecule has 2 rings (SSSR count). The van der Waals surface area contributed by atoms with Crippen molar-refractivity contribution in [1.82, 2.24) is 16.0 Å². The SMILES string of the molecule is CNC1(COc2cc(O)ccc2[N+](=O)[O-])COC(NC)(NC)O1. The number of aromatic hydroxyl groups is 1. The van der Waals surface area contributed by atoms with Crippen molar-refractivity contribution in [2.45, 2.75) is 11.8 Å². The summed E-state index contributed by atoms with van der Waals surface area (Å²) in [7, 11) is 4.97. The Kier molecular flexibility index (Phi) is 5.02. The molecule has 1 aliphatic heterocycles. The second-order valence-corrected chi connectivity index (χ2v) is 4.95. The van der Waals surface area contributed by atoms with E-state index in [-0.39, 0.29) is 30.4 Å². The number of nitro groups is 1. The molecule has 1 heterocycles. The Morgan fingerprint density at radius 1 is 1.35 bits per heavy atom. The summed E-state index contributed by atoms with van der Waals surface area (Å²) in [5, 5.41) is 29.2. The summed E-state index contributed by atoms with van der Waals surface area (Å²) in [5.41, 5.74) is -1.27. The Bertz CT molecular complexity index is 580. The van der Waals surface area contributed by atoms with Crippen molar-refractivity contribution in [2.24, 2.45) is 0 Å². The number of nitrogens with one attached hydrogen (secondary N) is 3. The number of phenols is 1. The van der Waals surface area contributed by atoms with Gasteiger partial charge in [-0.3, -0.25) is 30.8 Å². The first-order valence-electron chi connectivity index (χ1n) is 6.90. The lowest BCUT2D eigenvalue weighted by Crippen LogP contribution is -2.59. The molecule has 1 aromatic carbocycles. The molecule has 0 aromatic heterocycles. The molecule has 0 amide bonds. The lowest BCUT2D eigenvalue weighted by atomic mass is 10.2. The van der Waals surface area contributed by atoms with Crippen LogP contribution >= 0.6 is 0 Å². The Balaban J connectivity index is 2.16. The van der Waals surface area contributed by atoms with Crippen molar-refractivity contribution in [3.8, 4) is 11.5 Å². The average molecular weight is 328 g/mol. The lowest BCUT2D eigenvalue weighted by Gasteiger charge is -2.31. The van der Waals surface area contributed by atoms with Gasteiger partial charge in [0.2, 0.25) is 5.75 Å². The van der Waals surface area contributed by atoms with Gasteiger partial charge >= 0.3 is 5.69 Å². The fourth-order valence-electron chi connectivity index (χ4n) is 2.15. The van der Waals surface area contributed by atoms with Crippen LogP contribution in [0.4, 0.5) is 5.69 Å². The van der Waals surface area contributed by atoms with E-state index in [0.717, 1.165) is 0 Å². The van der Waals surface area contributed by atoms with Gasteiger partial charge in [-0.15, -0.1) is 0 Å².